The van der Waals surface area contributed by atoms with Gasteiger partial charge in [-0.1, -0.05) is 24.3 Å². The number of piperazine rings is 1. The van der Waals surface area contributed by atoms with E-state index in [1.54, 1.807) is 18.2 Å². The summed E-state index contributed by atoms with van der Waals surface area (Å²) in [6, 6.07) is 12.7. The van der Waals surface area contributed by atoms with Crippen LogP contribution in [0.3, 0.4) is 0 Å². The smallest absolute Gasteiger partial charge is 0.165 e. The van der Waals surface area contributed by atoms with Crippen molar-refractivity contribution in [3.05, 3.63) is 59.4 Å². The molecule has 0 amide bonds. The van der Waals surface area contributed by atoms with Gasteiger partial charge < -0.3 is 14.7 Å². The molecular formula is C21H27FN2O2. The number of β-amino-alcohol motifs (C(OH)–C–C–N with tert-alkyl or cyclic N) is 1. The maximum Gasteiger partial charge on any atom is 0.165 e. The van der Waals surface area contributed by atoms with Gasteiger partial charge in [0, 0.05) is 38.4 Å². The minimum atomic E-state index is -0.637. The number of ether oxygens (including phenoxy) is 1. The number of aliphatic hydroxyl groups excluding tert-OH is 1. The van der Waals surface area contributed by atoms with E-state index in [0.717, 1.165) is 26.2 Å². The molecule has 0 radical (unpaired) electrons. The monoisotopic (exact) mass is 358 g/mol. The summed E-state index contributed by atoms with van der Waals surface area (Å²) in [6.07, 6.45) is -0.637. The number of aryl methyl sites for hydroxylation is 1. The number of hydrogen-bond donors (Lipinski definition) is 1. The molecule has 0 spiro atoms. The second kappa shape index (κ2) is 8.52. The Kier molecular flexibility index (Phi) is 6.12. The van der Waals surface area contributed by atoms with Crippen molar-refractivity contribution in [1.82, 2.24) is 4.90 Å². The van der Waals surface area contributed by atoms with Gasteiger partial charge in [0.25, 0.3) is 0 Å². The first-order valence-corrected chi connectivity index (χ1v) is 9.13. The van der Waals surface area contributed by atoms with Crippen LogP contribution in [0, 0.1) is 19.7 Å². The van der Waals surface area contributed by atoms with E-state index in [-0.39, 0.29) is 12.4 Å². The number of anilines is 1. The van der Waals surface area contributed by atoms with E-state index in [1.165, 1.54) is 22.9 Å². The number of rotatable bonds is 6. The largest absolute Gasteiger partial charge is 0.488 e. The Balaban J connectivity index is 1.46. The molecule has 2 aromatic carbocycles. The van der Waals surface area contributed by atoms with Gasteiger partial charge in [-0.15, -0.1) is 0 Å². The summed E-state index contributed by atoms with van der Waals surface area (Å²) >= 11 is 0. The van der Waals surface area contributed by atoms with Crippen LogP contribution in [0.2, 0.25) is 0 Å². The SMILES string of the molecule is Cc1cccc(N2CCN(CC(O)COc3ccccc3F)CC2)c1C. The van der Waals surface area contributed by atoms with E-state index >= 15 is 0 Å². The van der Waals surface area contributed by atoms with E-state index < -0.39 is 11.9 Å². The van der Waals surface area contributed by atoms with E-state index in [4.69, 9.17) is 4.74 Å². The summed E-state index contributed by atoms with van der Waals surface area (Å²) in [5, 5.41) is 10.2. The molecule has 0 saturated carbocycles. The van der Waals surface area contributed by atoms with Crippen molar-refractivity contribution in [3.63, 3.8) is 0 Å². The lowest BCUT2D eigenvalue weighted by Gasteiger charge is -2.37. The molecule has 1 heterocycles. The molecule has 5 heteroatoms. The van der Waals surface area contributed by atoms with Crippen LogP contribution < -0.4 is 9.64 Å². The lowest BCUT2D eigenvalue weighted by Crippen LogP contribution is -2.49. The molecule has 0 aromatic heterocycles. The Morgan fingerprint density at radius 3 is 2.50 bits per heavy atom. The van der Waals surface area contributed by atoms with Crippen LogP contribution in [-0.4, -0.2) is 55.4 Å². The summed E-state index contributed by atoms with van der Waals surface area (Å²) in [7, 11) is 0. The zero-order valence-corrected chi connectivity index (χ0v) is 15.5. The zero-order valence-electron chi connectivity index (χ0n) is 15.5. The Morgan fingerprint density at radius 2 is 1.77 bits per heavy atom. The van der Waals surface area contributed by atoms with Crippen molar-refractivity contribution >= 4 is 5.69 Å². The summed E-state index contributed by atoms with van der Waals surface area (Å²) < 4.78 is 18.9. The molecule has 140 valence electrons. The molecule has 1 N–H and O–H groups in total. The Labute approximate surface area is 154 Å². The van der Waals surface area contributed by atoms with Gasteiger partial charge in [-0.3, -0.25) is 4.90 Å². The summed E-state index contributed by atoms with van der Waals surface area (Å²) in [5.41, 5.74) is 3.94. The predicted molar refractivity (Wildman–Crippen MR) is 102 cm³/mol. The average Bonchev–Trinajstić information content (AvgIpc) is 2.64. The van der Waals surface area contributed by atoms with Gasteiger partial charge >= 0.3 is 0 Å². The van der Waals surface area contributed by atoms with Gasteiger partial charge in [0.1, 0.15) is 12.7 Å². The van der Waals surface area contributed by atoms with Gasteiger partial charge in [0.2, 0.25) is 0 Å². The van der Waals surface area contributed by atoms with Gasteiger partial charge in [0.05, 0.1) is 0 Å². The van der Waals surface area contributed by atoms with Gasteiger partial charge in [-0.25, -0.2) is 4.39 Å². The maximum absolute atomic E-state index is 13.5. The minimum absolute atomic E-state index is 0.0954. The van der Waals surface area contributed by atoms with Crippen molar-refractivity contribution in [3.8, 4) is 5.75 Å². The second-order valence-electron chi connectivity index (χ2n) is 6.90. The van der Waals surface area contributed by atoms with Gasteiger partial charge in [-0.2, -0.15) is 0 Å². The van der Waals surface area contributed by atoms with Crippen molar-refractivity contribution in [2.45, 2.75) is 20.0 Å². The molecule has 1 unspecified atom stereocenters. The predicted octanol–water partition coefficient (Wildman–Crippen LogP) is 3.00. The van der Waals surface area contributed by atoms with Crippen molar-refractivity contribution in [2.24, 2.45) is 0 Å². The first-order valence-electron chi connectivity index (χ1n) is 9.13. The standard InChI is InChI=1S/C21H27FN2O2/c1-16-6-5-8-20(17(16)2)24-12-10-23(11-13-24)14-18(25)15-26-21-9-4-3-7-19(21)22/h3-9,18,25H,10-15H2,1-2H3. The molecule has 1 saturated heterocycles. The number of para-hydroxylation sites is 1. The zero-order chi connectivity index (χ0) is 18.5. The molecule has 1 aliphatic rings. The third-order valence-corrected chi connectivity index (χ3v) is 5.03. The van der Waals surface area contributed by atoms with Crippen LogP contribution in [0.25, 0.3) is 0 Å². The number of halogens is 1. The molecule has 3 rings (SSSR count). The number of nitrogens with zero attached hydrogens (tertiary/aromatic N) is 2. The fraction of sp³-hybridized carbons (Fsp3) is 0.429. The average molecular weight is 358 g/mol. The first kappa shape index (κ1) is 18.7. The van der Waals surface area contributed by atoms with Crippen molar-refractivity contribution in [2.75, 3.05) is 44.2 Å². The van der Waals surface area contributed by atoms with Gasteiger partial charge in [-0.05, 0) is 43.2 Å². The molecule has 1 fully saturated rings. The van der Waals surface area contributed by atoms with Crippen LogP contribution in [0.5, 0.6) is 5.75 Å². The highest BCUT2D eigenvalue weighted by molar-refractivity contribution is 5.56. The minimum Gasteiger partial charge on any atom is -0.488 e. The van der Waals surface area contributed by atoms with Crippen molar-refractivity contribution < 1.29 is 14.2 Å². The fourth-order valence-corrected chi connectivity index (χ4v) is 3.35. The third kappa shape index (κ3) is 4.54. The topological polar surface area (TPSA) is 35.9 Å². The van der Waals surface area contributed by atoms with E-state index in [9.17, 15) is 9.50 Å². The molecule has 2 aromatic rings. The van der Waals surface area contributed by atoms with Crippen LogP contribution in [0.15, 0.2) is 42.5 Å². The summed E-state index contributed by atoms with van der Waals surface area (Å²) in [4.78, 5) is 4.64. The van der Waals surface area contributed by atoms with Crippen LogP contribution in [0.1, 0.15) is 11.1 Å². The number of benzene rings is 2. The lowest BCUT2D eigenvalue weighted by molar-refractivity contribution is 0.0649. The Morgan fingerprint density at radius 1 is 1.04 bits per heavy atom. The van der Waals surface area contributed by atoms with Crippen molar-refractivity contribution in [1.29, 1.82) is 0 Å². The first-order chi connectivity index (χ1) is 12.5. The molecule has 4 nitrogen and oxygen atoms in total. The van der Waals surface area contributed by atoms with Crippen LogP contribution in [0.4, 0.5) is 10.1 Å². The molecular weight excluding hydrogens is 331 g/mol. The van der Waals surface area contributed by atoms with Gasteiger partial charge in [0.15, 0.2) is 11.6 Å². The van der Waals surface area contributed by atoms with E-state index in [0.29, 0.717) is 6.54 Å². The van der Waals surface area contributed by atoms with E-state index in [2.05, 4.69) is 41.8 Å². The highest BCUT2D eigenvalue weighted by Crippen LogP contribution is 2.24. The molecule has 1 aliphatic heterocycles. The fourth-order valence-electron chi connectivity index (χ4n) is 3.35. The Bertz CT molecular complexity index is 730. The quantitative estimate of drug-likeness (QED) is 0.861. The molecule has 0 bridgehead atoms. The highest BCUT2D eigenvalue weighted by Gasteiger charge is 2.21. The molecule has 26 heavy (non-hydrogen) atoms. The second-order valence-corrected chi connectivity index (χ2v) is 6.90. The van der Waals surface area contributed by atoms with E-state index in [1.807, 2.05) is 0 Å². The van der Waals surface area contributed by atoms with Crippen LogP contribution >= 0.6 is 0 Å². The Hall–Kier alpha value is -2.11. The molecule has 1 atom stereocenters. The third-order valence-electron chi connectivity index (χ3n) is 5.03. The number of aliphatic hydroxyl groups is 1. The summed E-state index contributed by atoms with van der Waals surface area (Å²) in [5.74, 6) is -0.215. The molecule has 0 aliphatic carbocycles. The highest BCUT2D eigenvalue weighted by atomic mass is 19.1. The lowest BCUT2D eigenvalue weighted by atomic mass is 10.1. The number of hydrogen-bond acceptors (Lipinski definition) is 4. The maximum atomic E-state index is 13.5. The summed E-state index contributed by atoms with van der Waals surface area (Å²) in [6.45, 7) is 8.60. The normalized spacial score (nSPS) is 16.5. The van der Waals surface area contributed by atoms with Crippen LogP contribution in [-0.2, 0) is 0 Å².